The monoisotopic (exact) mass is 281 g/mol. The number of esters is 1. The lowest BCUT2D eigenvalue weighted by Crippen LogP contribution is -2.38. The molecule has 0 saturated heterocycles. The van der Waals surface area contributed by atoms with Crippen LogP contribution < -0.4 is 0 Å². The summed E-state index contributed by atoms with van der Waals surface area (Å²) in [6.07, 6.45) is 5.03. The lowest BCUT2D eigenvalue weighted by atomic mass is 10.2. The van der Waals surface area contributed by atoms with Crippen LogP contribution in [0.3, 0.4) is 0 Å². The molecule has 1 aromatic rings. The van der Waals surface area contributed by atoms with Gasteiger partial charge in [0.05, 0.1) is 13.5 Å². The molecule has 0 atom stereocenters. The summed E-state index contributed by atoms with van der Waals surface area (Å²) in [6, 6.07) is 1.94. The van der Waals surface area contributed by atoms with Crippen LogP contribution >= 0.6 is 0 Å². The van der Waals surface area contributed by atoms with E-state index < -0.39 is 0 Å². The van der Waals surface area contributed by atoms with Gasteiger partial charge in [0, 0.05) is 37.9 Å². The maximum Gasteiger partial charge on any atom is 0.307 e. The molecule has 1 rings (SSSR count). The Hall–Kier alpha value is -1.85. The maximum atomic E-state index is 12.2. The van der Waals surface area contributed by atoms with Crippen molar-refractivity contribution in [1.29, 1.82) is 0 Å². The van der Waals surface area contributed by atoms with Crippen molar-refractivity contribution in [3.8, 4) is 0 Å². The number of carbonyl (C=O) groups is 2. The van der Waals surface area contributed by atoms with Gasteiger partial charge in [-0.2, -0.15) is 5.10 Å². The molecule has 0 aliphatic rings. The van der Waals surface area contributed by atoms with E-state index in [1.165, 1.54) is 7.11 Å². The zero-order chi connectivity index (χ0) is 15.0. The van der Waals surface area contributed by atoms with Crippen LogP contribution in [-0.4, -0.2) is 46.3 Å². The Bertz CT molecular complexity index is 415. The van der Waals surface area contributed by atoms with E-state index in [0.717, 1.165) is 13.0 Å². The number of nitrogens with zero attached hydrogens (tertiary/aromatic N) is 3. The summed E-state index contributed by atoms with van der Waals surface area (Å²) in [5, 5.41) is 4.09. The van der Waals surface area contributed by atoms with E-state index in [4.69, 9.17) is 0 Å². The average Bonchev–Trinajstić information content (AvgIpc) is 2.91. The Balaban J connectivity index is 2.37. The molecule has 0 bridgehead atoms. The Morgan fingerprint density at radius 3 is 2.65 bits per heavy atom. The predicted molar refractivity (Wildman–Crippen MR) is 74.9 cm³/mol. The zero-order valence-corrected chi connectivity index (χ0v) is 12.4. The Labute approximate surface area is 119 Å². The molecule has 0 saturated carbocycles. The predicted octanol–water partition coefficient (Wildman–Crippen LogP) is 1.46. The van der Waals surface area contributed by atoms with Crippen molar-refractivity contribution in [1.82, 2.24) is 14.7 Å². The smallest absolute Gasteiger partial charge is 0.307 e. The van der Waals surface area contributed by atoms with Gasteiger partial charge in [0.25, 0.3) is 0 Å². The van der Waals surface area contributed by atoms with Crippen molar-refractivity contribution in [2.24, 2.45) is 0 Å². The van der Waals surface area contributed by atoms with Gasteiger partial charge >= 0.3 is 5.97 Å². The SMILES string of the molecule is COC(=O)CCN(C(=O)CCCn1cccn1)C(C)C. The summed E-state index contributed by atoms with van der Waals surface area (Å²) < 4.78 is 6.41. The van der Waals surface area contributed by atoms with E-state index in [-0.39, 0.29) is 24.3 Å². The molecule has 0 N–H and O–H groups in total. The molecule has 6 nitrogen and oxygen atoms in total. The number of amides is 1. The number of ether oxygens (including phenoxy) is 1. The number of carbonyl (C=O) groups excluding carboxylic acids is 2. The van der Waals surface area contributed by atoms with Crippen molar-refractivity contribution in [2.45, 2.75) is 45.7 Å². The molecule has 0 spiro atoms. The fourth-order valence-corrected chi connectivity index (χ4v) is 1.95. The van der Waals surface area contributed by atoms with Crippen LogP contribution in [0.2, 0.25) is 0 Å². The van der Waals surface area contributed by atoms with E-state index in [2.05, 4.69) is 9.84 Å². The third kappa shape index (κ3) is 5.42. The first kappa shape index (κ1) is 16.2. The van der Waals surface area contributed by atoms with E-state index in [1.54, 1.807) is 15.8 Å². The minimum Gasteiger partial charge on any atom is -0.469 e. The summed E-state index contributed by atoms with van der Waals surface area (Å²) in [5.41, 5.74) is 0. The van der Waals surface area contributed by atoms with Crippen LogP contribution in [0, 0.1) is 0 Å². The topological polar surface area (TPSA) is 64.4 Å². The van der Waals surface area contributed by atoms with E-state index in [0.29, 0.717) is 13.0 Å². The number of aromatic nitrogens is 2. The second-order valence-electron chi connectivity index (χ2n) is 4.88. The van der Waals surface area contributed by atoms with Crippen molar-refractivity contribution in [3.63, 3.8) is 0 Å². The third-order valence-corrected chi connectivity index (χ3v) is 3.07. The van der Waals surface area contributed by atoms with Gasteiger partial charge in [0.2, 0.25) is 5.91 Å². The van der Waals surface area contributed by atoms with E-state index >= 15 is 0 Å². The highest BCUT2D eigenvalue weighted by molar-refractivity contribution is 5.77. The normalized spacial score (nSPS) is 10.6. The number of hydrogen-bond acceptors (Lipinski definition) is 4. The van der Waals surface area contributed by atoms with Gasteiger partial charge < -0.3 is 9.64 Å². The molecule has 1 aromatic heterocycles. The van der Waals surface area contributed by atoms with Gasteiger partial charge in [-0.15, -0.1) is 0 Å². The molecule has 0 aromatic carbocycles. The van der Waals surface area contributed by atoms with Gasteiger partial charge in [-0.25, -0.2) is 0 Å². The fraction of sp³-hybridized carbons (Fsp3) is 0.643. The summed E-state index contributed by atoms with van der Waals surface area (Å²) in [7, 11) is 1.36. The quantitative estimate of drug-likeness (QED) is 0.677. The highest BCUT2D eigenvalue weighted by Gasteiger charge is 2.17. The van der Waals surface area contributed by atoms with Crippen molar-refractivity contribution in [2.75, 3.05) is 13.7 Å². The largest absolute Gasteiger partial charge is 0.469 e. The van der Waals surface area contributed by atoms with Crippen molar-refractivity contribution in [3.05, 3.63) is 18.5 Å². The van der Waals surface area contributed by atoms with Crippen molar-refractivity contribution >= 4 is 11.9 Å². The number of rotatable bonds is 8. The minimum atomic E-state index is -0.292. The number of hydrogen-bond donors (Lipinski definition) is 0. The van der Waals surface area contributed by atoms with Crippen molar-refractivity contribution < 1.29 is 14.3 Å². The summed E-state index contributed by atoms with van der Waals surface area (Å²) in [5.74, 6) is -0.226. The Morgan fingerprint density at radius 2 is 2.10 bits per heavy atom. The minimum absolute atomic E-state index is 0.0658. The lowest BCUT2D eigenvalue weighted by molar-refractivity contribution is -0.142. The molecule has 20 heavy (non-hydrogen) atoms. The third-order valence-electron chi connectivity index (χ3n) is 3.07. The summed E-state index contributed by atoms with van der Waals surface area (Å²) in [4.78, 5) is 25.0. The molecular formula is C14H23N3O3. The van der Waals surface area contributed by atoms with Gasteiger partial charge in [0.15, 0.2) is 0 Å². The molecule has 0 aliphatic carbocycles. The van der Waals surface area contributed by atoms with Crippen LogP contribution in [0.5, 0.6) is 0 Å². The van der Waals surface area contributed by atoms with Crippen LogP contribution in [0.1, 0.15) is 33.1 Å². The molecule has 112 valence electrons. The van der Waals surface area contributed by atoms with Crippen LogP contribution in [0.4, 0.5) is 0 Å². The van der Waals surface area contributed by atoms with E-state index in [9.17, 15) is 9.59 Å². The van der Waals surface area contributed by atoms with Crippen LogP contribution in [-0.2, 0) is 20.9 Å². The molecule has 0 unspecified atom stereocenters. The second kappa shape index (κ2) is 8.35. The molecular weight excluding hydrogens is 258 g/mol. The molecule has 0 radical (unpaired) electrons. The lowest BCUT2D eigenvalue weighted by Gasteiger charge is -2.26. The number of methoxy groups -OCH3 is 1. The van der Waals surface area contributed by atoms with Gasteiger partial charge in [-0.05, 0) is 26.3 Å². The first-order valence-electron chi connectivity index (χ1n) is 6.88. The first-order valence-corrected chi connectivity index (χ1v) is 6.88. The van der Waals surface area contributed by atoms with Gasteiger partial charge in [0.1, 0.15) is 0 Å². The Morgan fingerprint density at radius 1 is 1.35 bits per heavy atom. The molecule has 1 heterocycles. The van der Waals surface area contributed by atoms with Crippen LogP contribution in [0.15, 0.2) is 18.5 Å². The second-order valence-corrected chi connectivity index (χ2v) is 4.88. The maximum absolute atomic E-state index is 12.2. The standard InChI is InChI=1S/C14H23N3O3/c1-12(2)17(11-7-14(19)20-3)13(18)6-4-9-16-10-5-8-15-16/h5,8,10,12H,4,6-7,9,11H2,1-3H3. The first-order chi connectivity index (χ1) is 9.54. The summed E-state index contributed by atoms with van der Waals surface area (Å²) >= 11 is 0. The van der Waals surface area contributed by atoms with Crippen LogP contribution in [0.25, 0.3) is 0 Å². The Kier molecular flexibility index (Phi) is 6.76. The fourth-order valence-electron chi connectivity index (χ4n) is 1.95. The van der Waals surface area contributed by atoms with E-state index in [1.807, 2.05) is 26.1 Å². The number of aryl methyl sites for hydroxylation is 1. The molecule has 6 heteroatoms. The molecule has 1 amide bonds. The zero-order valence-electron chi connectivity index (χ0n) is 12.4. The average molecular weight is 281 g/mol. The highest BCUT2D eigenvalue weighted by Crippen LogP contribution is 2.06. The highest BCUT2D eigenvalue weighted by atomic mass is 16.5. The molecule has 0 aliphatic heterocycles. The molecule has 0 fully saturated rings. The van der Waals surface area contributed by atoms with Gasteiger partial charge in [-0.3, -0.25) is 14.3 Å². The summed E-state index contributed by atoms with van der Waals surface area (Å²) in [6.45, 7) is 5.03. The van der Waals surface area contributed by atoms with Gasteiger partial charge in [-0.1, -0.05) is 0 Å².